The molecule has 6 nitrogen and oxygen atoms in total. The second-order valence-electron chi connectivity index (χ2n) is 7.76. The quantitative estimate of drug-likeness (QED) is 0.582. The molecule has 0 bridgehead atoms. The minimum atomic E-state index is -0.0258. The normalized spacial score (nSPS) is 12.2. The minimum absolute atomic E-state index is 0.0258. The van der Waals surface area contributed by atoms with Crippen molar-refractivity contribution in [2.24, 2.45) is 0 Å². The molecule has 1 aromatic heterocycles. The largest absolute Gasteiger partial charge is 0.354 e. The van der Waals surface area contributed by atoms with Crippen LogP contribution >= 0.6 is 0 Å². The van der Waals surface area contributed by atoms with E-state index in [1.165, 1.54) is 16.7 Å². The maximum Gasteiger partial charge on any atom is 0.227 e. The van der Waals surface area contributed by atoms with Gasteiger partial charge < -0.3 is 14.7 Å². The number of aryl methyl sites for hydroxylation is 3. The first-order valence-electron chi connectivity index (χ1n) is 10.4. The highest BCUT2D eigenvalue weighted by atomic mass is 16.5. The molecule has 30 heavy (non-hydrogen) atoms. The number of hydrogen-bond donors (Lipinski definition) is 1. The van der Waals surface area contributed by atoms with Crippen LogP contribution in [0.15, 0.2) is 53.1 Å². The molecular formula is C24H30N4O2. The van der Waals surface area contributed by atoms with Crippen molar-refractivity contribution in [2.75, 3.05) is 20.6 Å². The fourth-order valence-electron chi connectivity index (χ4n) is 3.27. The molecule has 0 saturated heterocycles. The predicted molar refractivity (Wildman–Crippen MR) is 118 cm³/mol. The smallest absolute Gasteiger partial charge is 0.227 e. The van der Waals surface area contributed by atoms with Gasteiger partial charge in [0.25, 0.3) is 0 Å². The maximum atomic E-state index is 12.4. The molecule has 0 aliphatic carbocycles. The van der Waals surface area contributed by atoms with Crippen LogP contribution < -0.4 is 5.32 Å². The van der Waals surface area contributed by atoms with Crippen LogP contribution in [0.1, 0.15) is 42.0 Å². The highest BCUT2D eigenvalue weighted by Gasteiger charge is 2.16. The average Bonchev–Trinajstić information content (AvgIpc) is 3.22. The first kappa shape index (κ1) is 21.7. The van der Waals surface area contributed by atoms with Crippen molar-refractivity contribution < 1.29 is 9.32 Å². The number of amides is 1. The van der Waals surface area contributed by atoms with E-state index in [-0.39, 0.29) is 11.9 Å². The number of benzene rings is 2. The Labute approximate surface area is 178 Å². The van der Waals surface area contributed by atoms with Gasteiger partial charge in [-0.3, -0.25) is 4.79 Å². The van der Waals surface area contributed by atoms with Gasteiger partial charge in [-0.15, -0.1) is 0 Å². The van der Waals surface area contributed by atoms with E-state index in [9.17, 15) is 4.79 Å². The molecule has 6 heteroatoms. The van der Waals surface area contributed by atoms with Crippen molar-refractivity contribution >= 4 is 5.91 Å². The van der Waals surface area contributed by atoms with Gasteiger partial charge in [0.1, 0.15) is 0 Å². The van der Waals surface area contributed by atoms with Gasteiger partial charge in [0.2, 0.25) is 17.6 Å². The van der Waals surface area contributed by atoms with Crippen molar-refractivity contribution in [3.8, 4) is 11.4 Å². The lowest BCUT2D eigenvalue weighted by Gasteiger charge is -2.25. The Kier molecular flexibility index (Phi) is 7.36. The number of aromatic nitrogens is 2. The van der Waals surface area contributed by atoms with Crippen LogP contribution in [0.3, 0.4) is 0 Å². The molecule has 0 fully saturated rings. The van der Waals surface area contributed by atoms with Gasteiger partial charge in [-0.25, -0.2) is 0 Å². The van der Waals surface area contributed by atoms with Gasteiger partial charge in [-0.1, -0.05) is 66.2 Å². The zero-order valence-corrected chi connectivity index (χ0v) is 18.2. The molecule has 3 aromatic rings. The van der Waals surface area contributed by atoms with Gasteiger partial charge in [-0.2, -0.15) is 4.98 Å². The number of carbonyl (C=O) groups is 1. The monoisotopic (exact) mass is 406 g/mol. The summed E-state index contributed by atoms with van der Waals surface area (Å²) in [5.74, 6) is 0.996. The Morgan fingerprint density at radius 2 is 1.80 bits per heavy atom. The third kappa shape index (κ3) is 5.76. The molecule has 0 saturated carbocycles. The van der Waals surface area contributed by atoms with Crippen LogP contribution in [0.2, 0.25) is 0 Å². The summed E-state index contributed by atoms with van der Waals surface area (Å²) in [5.41, 5.74) is 4.58. The van der Waals surface area contributed by atoms with E-state index in [0.717, 1.165) is 12.0 Å². The van der Waals surface area contributed by atoms with Crippen molar-refractivity contribution in [1.29, 1.82) is 0 Å². The standard InChI is InChI=1S/C24H30N4O2/c1-5-18-8-12-19(13-9-18)21(28(3)4)16-25-22(29)14-15-23-26-24(27-30-23)20-10-6-17(2)7-11-20/h6-13,21H,5,14-16H2,1-4H3,(H,25,29). The topological polar surface area (TPSA) is 71.3 Å². The van der Waals surface area contributed by atoms with Gasteiger partial charge in [0.05, 0.1) is 6.04 Å². The summed E-state index contributed by atoms with van der Waals surface area (Å²) >= 11 is 0. The Morgan fingerprint density at radius 1 is 1.10 bits per heavy atom. The molecule has 2 aromatic carbocycles. The minimum Gasteiger partial charge on any atom is -0.354 e. The molecule has 1 atom stereocenters. The number of carbonyl (C=O) groups excluding carboxylic acids is 1. The van der Waals surface area contributed by atoms with Crippen LogP contribution in [0.25, 0.3) is 11.4 Å². The summed E-state index contributed by atoms with van der Waals surface area (Å²) in [7, 11) is 4.05. The second kappa shape index (κ2) is 10.2. The van der Waals surface area contributed by atoms with Crippen molar-refractivity contribution in [3.63, 3.8) is 0 Å². The van der Waals surface area contributed by atoms with Gasteiger partial charge >= 0.3 is 0 Å². The summed E-state index contributed by atoms with van der Waals surface area (Å²) < 4.78 is 5.31. The predicted octanol–water partition coefficient (Wildman–Crippen LogP) is 3.96. The first-order chi connectivity index (χ1) is 14.5. The summed E-state index contributed by atoms with van der Waals surface area (Å²) in [5, 5.41) is 7.06. The second-order valence-corrected chi connectivity index (χ2v) is 7.76. The lowest BCUT2D eigenvalue weighted by Crippen LogP contribution is -2.34. The molecule has 0 aliphatic rings. The molecule has 1 amide bonds. The molecule has 1 N–H and O–H groups in total. The lowest BCUT2D eigenvalue weighted by atomic mass is 10.0. The number of nitrogens with zero attached hydrogens (tertiary/aromatic N) is 3. The van der Waals surface area contributed by atoms with Crippen LogP contribution in [-0.2, 0) is 17.6 Å². The van der Waals surface area contributed by atoms with Crippen LogP contribution in [0, 0.1) is 6.92 Å². The van der Waals surface area contributed by atoms with Crippen LogP contribution in [-0.4, -0.2) is 41.6 Å². The lowest BCUT2D eigenvalue weighted by molar-refractivity contribution is -0.121. The van der Waals surface area contributed by atoms with E-state index in [1.54, 1.807) is 0 Å². The Hall–Kier alpha value is -2.99. The van der Waals surface area contributed by atoms with E-state index in [1.807, 2.05) is 45.3 Å². The molecule has 158 valence electrons. The molecule has 3 rings (SSSR count). The third-order valence-electron chi connectivity index (χ3n) is 5.23. The number of rotatable bonds is 9. The molecular weight excluding hydrogens is 376 g/mol. The number of nitrogens with one attached hydrogen (secondary N) is 1. The SMILES string of the molecule is CCc1ccc(C(CNC(=O)CCc2nc(-c3ccc(C)cc3)no2)N(C)C)cc1. The highest BCUT2D eigenvalue weighted by Crippen LogP contribution is 2.19. The zero-order chi connectivity index (χ0) is 21.5. The van der Waals surface area contributed by atoms with Crippen molar-refractivity contribution in [3.05, 3.63) is 71.1 Å². The van der Waals surface area contributed by atoms with Crippen molar-refractivity contribution in [2.45, 2.75) is 39.2 Å². The highest BCUT2D eigenvalue weighted by molar-refractivity contribution is 5.76. The van der Waals surface area contributed by atoms with Crippen LogP contribution in [0.5, 0.6) is 0 Å². The summed E-state index contributed by atoms with van der Waals surface area (Å²) in [6.45, 7) is 4.73. The summed E-state index contributed by atoms with van der Waals surface area (Å²) in [6, 6.07) is 16.6. The Morgan fingerprint density at radius 3 is 2.43 bits per heavy atom. The average molecular weight is 407 g/mol. The van der Waals surface area contributed by atoms with Gasteiger partial charge in [0, 0.05) is 24.9 Å². The van der Waals surface area contributed by atoms with Crippen molar-refractivity contribution in [1.82, 2.24) is 20.4 Å². The fourth-order valence-corrected chi connectivity index (χ4v) is 3.27. The molecule has 0 radical (unpaired) electrons. The van der Waals surface area contributed by atoms with E-state index < -0.39 is 0 Å². The molecule has 1 unspecified atom stereocenters. The Balaban J connectivity index is 1.51. The maximum absolute atomic E-state index is 12.4. The number of likely N-dealkylation sites (N-methyl/N-ethyl adjacent to an activating group) is 1. The van der Waals surface area contributed by atoms with Gasteiger partial charge in [0.15, 0.2) is 0 Å². The zero-order valence-electron chi connectivity index (χ0n) is 18.2. The van der Waals surface area contributed by atoms with E-state index in [4.69, 9.17) is 4.52 Å². The van der Waals surface area contributed by atoms with E-state index in [2.05, 4.69) is 51.5 Å². The molecule has 1 heterocycles. The third-order valence-corrected chi connectivity index (χ3v) is 5.23. The summed E-state index contributed by atoms with van der Waals surface area (Å²) in [4.78, 5) is 18.9. The number of hydrogen-bond acceptors (Lipinski definition) is 5. The van der Waals surface area contributed by atoms with E-state index >= 15 is 0 Å². The first-order valence-corrected chi connectivity index (χ1v) is 10.4. The molecule has 0 aliphatic heterocycles. The van der Waals surface area contributed by atoms with Crippen LogP contribution in [0.4, 0.5) is 0 Å². The summed E-state index contributed by atoms with van der Waals surface area (Å²) in [6.07, 6.45) is 1.75. The molecule has 0 spiro atoms. The van der Waals surface area contributed by atoms with Gasteiger partial charge in [-0.05, 0) is 38.6 Å². The fraction of sp³-hybridized carbons (Fsp3) is 0.375. The van der Waals surface area contributed by atoms with E-state index in [0.29, 0.717) is 31.1 Å². The Bertz CT molecular complexity index is 946.